The van der Waals surface area contributed by atoms with Gasteiger partial charge in [-0.3, -0.25) is 0 Å². The van der Waals surface area contributed by atoms with E-state index in [0.717, 1.165) is 5.25 Å². The second-order valence-corrected chi connectivity index (χ2v) is 4.36. The molecule has 2 rings (SSSR count). The first kappa shape index (κ1) is 8.18. The van der Waals surface area contributed by atoms with E-state index in [2.05, 4.69) is 30.5 Å². The maximum atomic E-state index is 2.29. The molecule has 0 fully saturated rings. The summed E-state index contributed by atoms with van der Waals surface area (Å²) in [6, 6.07) is 8.88. The Morgan fingerprint density at radius 1 is 1.33 bits per heavy atom. The predicted molar refractivity (Wildman–Crippen MR) is 55.6 cm³/mol. The van der Waals surface area contributed by atoms with Crippen LogP contribution in [0.3, 0.4) is 0 Å². The minimum absolute atomic E-state index is 0.759. The van der Waals surface area contributed by atoms with Crippen LogP contribution in [0.5, 0.6) is 0 Å². The van der Waals surface area contributed by atoms with E-state index in [9.17, 15) is 0 Å². The highest BCUT2D eigenvalue weighted by atomic mass is 32.2. The predicted octanol–water partition coefficient (Wildman–Crippen LogP) is 3.43. The van der Waals surface area contributed by atoms with E-state index in [4.69, 9.17) is 0 Å². The van der Waals surface area contributed by atoms with Gasteiger partial charge >= 0.3 is 0 Å². The summed E-state index contributed by atoms with van der Waals surface area (Å²) in [5.74, 6) is 0. The van der Waals surface area contributed by atoms with Crippen molar-refractivity contribution in [3.63, 3.8) is 0 Å². The van der Waals surface area contributed by atoms with Gasteiger partial charge in [-0.1, -0.05) is 24.3 Å². The van der Waals surface area contributed by atoms with Gasteiger partial charge in [0.2, 0.25) is 0 Å². The van der Waals surface area contributed by atoms with Crippen molar-refractivity contribution in [2.24, 2.45) is 0 Å². The molecular weight excluding hydrogens is 164 g/mol. The SMILES string of the molecule is CSC1CCCc2ccccc21. The van der Waals surface area contributed by atoms with Gasteiger partial charge in [0.1, 0.15) is 0 Å². The summed E-state index contributed by atoms with van der Waals surface area (Å²) in [5, 5.41) is 0.759. The molecule has 0 heterocycles. The Balaban J connectivity index is 2.37. The highest BCUT2D eigenvalue weighted by Gasteiger charge is 2.17. The monoisotopic (exact) mass is 178 g/mol. The second kappa shape index (κ2) is 3.53. The molecule has 1 aliphatic rings. The van der Waals surface area contributed by atoms with E-state index in [1.165, 1.54) is 19.3 Å². The van der Waals surface area contributed by atoms with Gasteiger partial charge in [-0.05, 0) is 36.6 Å². The van der Waals surface area contributed by atoms with E-state index in [1.807, 2.05) is 11.8 Å². The molecule has 0 nitrogen and oxygen atoms in total. The molecule has 0 saturated heterocycles. The molecule has 0 amide bonds. The van der Waals surface area contributed by atoms with Crippen LogP contribution in [0.4, 0.5) is 0 Å². The maximum Gasteiger partial charge on any atom is 0.0297 e. The number of aryl methyl sites for hydroxylation is 1. The second-order valence-electron chi connectivity index (χ2n) is 3.32. The minimum Gasteiger partial charge on any atom is -0.157 e. The zero-order valence-electron chi connectivity index (χ0n) is 7.42. The van der Waals surface area contributed by atoms with E-state index in [0.29, 0.717) is 0 Å². The largest absolute Gasteiger partial charge is 0.157 e. The van der Waals surface area contributed by atoms with Crippen molar-refractivity contribution in [2.75, 3.05) is 6.26 Å². The number of thioether (sulfide) groups is 1. The van der Waals surface area contributed by atoms with Crippen molar-refractivity contribution in [1.82, 2.24) is 0 Å². The van der Waals surface area contributed by atoms with Crippen LogP contribution < -0.4 is 0 Å². The van der Waals surface area contributed by atoms with Gasteiger partial charge in [-0.25, -0.2) is 0 Å². The molecule has 12 heavy (non-hydrogen) atoms. The molecule has 1 aliphatic carbocycles. The fourth-order valence-electron chi connectivity index (χ4n) is 1.95. The number of benzene rings is 1. The van der Waals surface area contributed by atoms with Crippen molar-refractivity contribution in [3.05, 3.63) is 35.4 Å². The summed E-state index contributed by atoms with van der Waals surface area (Å²) in [4.78, 5) is 0. The van der Waals surface area contributed by atoms with Crippen LogP contribution >= 0.6 is 11.8 Å². The number of hydrogen-bond acceptors (Lipinski definition) is 1. The quantitative estimate of drug-likeness (QED) is 0.635. The van der Waals surface area contributed by atoms with Crippen LogP contribution in [0.2, 0.25) is 0 Å². The molecule has 64 valence electrons. The Kier molecular flexibility index (Phi) is 2.40. The van der Waals surface area contributed by atoms with E-state index < -0.39 is 0 Å². The summed E-state index contributed by atoms with van der Waals surface area (Å²) in [6.07, 6.45) is 6.22. The summed E-state index contributed by atoms with van der Waals surface area (Å²) in [5.41, 5.74) is 3.15. The van der Waals surface area contributed by atoms with E-state index in [1.54, 1.807) is 11.1 Å². The van der Waals surface area contributed by atoms with Crippen molar-refractivity contribution in [3.8, 4) is 0 Å². The minimum atomic E-state index is 0.759. The average molecular weight is 178 g/mol. The molecule has 0 aliphatic heterocycles. The Morgan fingerprint density at radius 2 is 2.17 bits per heavy atom. The van der Waals surface area contributed by atoms with Gasteiger partial charge in [0.25, 0.3) is 0 Å². The van der Waals surface area contributed by atoms with Crippen LogP contribution in [0.15, 0.2) is 24.3 Å². The number of hydrogen-bond donors (Lipinski definition) is 0. The van der Waals surface area contributed by atoms with Crippen molar-refractivity contribution in [2.45, 2.75) is 24.5 Å². The summed E-state index contributed by atoms with van der Waals surface area (Å²) in [7, 11) is 0. The van der Waals surface area contributed by atoms with Crippen LogP contribution in [-0.4, -0.2) is 6.26 Å². The maximum absolute atomic E-state index is 2.29. The molecule has 0 spiro atoms. The molecule has 1 aromatic carbocycles. The van der Waals surface area contributed by atoms with Crippen LogP contribution in [0, 0.1) is 0 Å². The Bertz CT molecular complexity index is 267. The lowest BCUT2D eigenvalue weighted by molar-refractivity contribution is 0.674. The third-order valence-corrected chi connectivity index (χ3v) is 3.66. The molecule has 0 radical (unpaired) electrons. The molecule has 0 N–H and O–H groups in total. The van der Waals surface area contributed by atoms with E-state index >= 15 is 0 Å². The van der Waals surface area contributed by atoms with Crippen molar-refractivity contribution >= 4 is 11.8 Å². The normalized spacial score (nSPS) is 21.9. The first-order valence-electron chi connectivity index (χ1n) is 4.52. The highest BCUT2D eigenvalue weighted by molar-refractivity contribution is 7.98. The Morgan fingerprint density at radius 3 is 3.00 bits per heavy atom. The topological polar surface area (TPSA) is 0 Å². The summed E-state index contributed by atoms with van der Waals surface area (Å²) in [6.45, 7) is 0. The molecule has 1 heteroatoms. The van der Waals surface area contributed by atoms with Gasteiger partial charge in [-0.15, -0.1) is 0 Å². The van der Waals surface area contributed by atoms with Crippen LogP contribution in [0.1, 0.15) is 29.2 Å². The van der Waals surface area contributed by atoms with Gasteiger partial charge in [0.15, 0.2) is 0 Å². The summed E-state index contributed by atoms with van der Waals surface area (Å²) >= 11 is 1.99. The van der Waals surface area contributed by atoms with Gasteiger partial charge in [0, 0.05) is 5.25 Å². The summed E-state index contributed by atoms with van der Waals surface area (Å²) < 4.78 is 0. The zero-order chi connectivity index (χ0) is 8.39. The molecule has 0 aromatic heterocycles. The molecule has 0 saturated carbocycles. The molecule has 0 bridgehead atoms. The lowest BCUT2D eigenvalue weighted by Crippen LogP contribution is -2.05. The number of rotatable bonds is 1. The fraction of sp³-hybridized carbons (Fsp3) is 0.455. The van der Waals surface area contributed by atoms with E-state index in [-0.39, 0.29) is 0 Å². The van der Waals surface area contributed by atoms with Gasteiger partial charge < -0.3 is 0 Å². The lowest BCUT2D eigenvalue weighted by Gasteiger charge is -2.23. The molecular formula is C11H14S. The highest BCUT2D eigenvalue weighted by Crippen LogP contribution is 2.37. The van der Waals surface area contributed by atoms with Gasteiger partial charge in [0.05, 0.1) is 0 Å². The van der Waals surface area contributed by atoms with Crippen molar-refractivity contribution in [1.29, 1.82) is 0 Å². The first-order chi connectivity index (χ1) is 5.92. The average Bonchev–Trinajstić information content (AvgIpc) is 2.17. The lowest BCUT2D eigenvalue weighted by atomic mass is 9.91. The van der Waals surface area contributed by atoms with Gasteiger partial charge in [-0.2, -0.15) is 11.8 Å². The third kappa shape index (κ3) is 1.38. The Hall–Kier alpha value is -0.430. The fourth-order valence-corrected chi connectivity index (χ4v) is 2.84. The molecule has 1 unspecified atom stereocenters. The van der Waals surface area contributed by atoms with Crippen LogP contribution in [0.25, 0.3) is 0 Å². The molecule has 1 atom stereocenters. The zero-order valence-corrected chi connectivity index (χ0v) is 8.23. The van der Waals surface area contributed by atoms with Crippen molar-refractivity contribution < 1.29 is 0 Å². The first-order valence-corrected chi connectivity index (χ1v) is 5.81. The Labute approximate surface area is 78.4 Å². The smallest absolute Gasteiger partial charge is 0.0297 e. The third-order valence-electron chi connectivity index (χ3n) is 2.60. The molecule has 1 aromatic rings. The number of fused-ring (bicyclic) bond motifs is 1. The van der Waals surface area contributed by atoms with Crippen LogP contribution in [-0.2, 0) is 6.42 Å². The standard InChI is InChI=1S/C11H14S/c1-12-11-8-4-6-9-5-2-3-7-10(9)11/h2-3,5,7,11H,4,6,8H2,1H3.